The highest BCUT2D eigenvalue weighted by Crippen LogP contribution is 2.21. The number of aromatic nitrogens is 1. The molecule has 2 aromatic rings. The standard InChI is InChI=1S/C14H12Cl2N2O2/c1-8-6-11(18-13(16)12(8)14(19)20)17-7-9-2-4-10(15)5-3-9/h2-6H,7H2,1H3,(H,17,18)(H,19,20). The highest BCUT2D eigenvalue weighted by atomic mass is 35.5. The van der Waals surface area contributed by atoms with Gasteiger partial charge in [0.2, 0.25) is 0 Å². The molecule has 1 heterocycles. The van der Waals surface area contributed by atoms with E-state index in [0.29, 0.717) is 22.9 Å². The molecule has 0 aliphatic carbocycles. The molecule has 0 radical (unpaired) electrons. The first-order valence-electron chi connectivity index (χ1n) is 5.86. The molecule has 0 aliphatic rings. The van der Waals surface area contributed by atoms with Gasteiger partial charge in [-0.05, 0) is 36.2 Å². The molecule has 2 N–H and O–H groups in total. The first kappa shape index (κ1) is 14.6. The van der Waals surface area contributed by atoms with Gasteiger partial charge in [-0.1, -0.05) is 35.3 Å². The second-order valence-corrected chi connectivity index (χ2v) is 5.07. The van der Waals surface area contributed by atoms with E-state index in [0.717, 1.165) is 5.56 Å². The molecule has 0 saturated carbocycles. The van der Waals surface area contributed by atoms with E-state index in [2.05, 4.69) is 10.3 Å². The monoisotopic (exact) mass is 310 g/mol. The molecule has 1 aromatic heterocycles. The number of pyridine rings is 1. The summed E-state index contributed by atoms with van der Waals surface area (Å²) in [6.45, 7) is 2.23. The van der Waals surface area contributed by atoms with Crippen molar-refractivity contribution in [2.45, 2.75) is 13.5 Å². The van der Waals surface area contributed by atoms with Gasteiger partial charge < -0.3 is 10.4 Å². The van der Waals surface area contributed by atoms with E-state index >= 15 is 0 Å². The lowest BCUT2D eigenvalue weighted by molar-refractivity contribution is 0.0696. The summed E-state index contributed by atoms with van der Waals surface area (Å²) >= 11 is 11.7. The quantitative estimate of drug-likeness (QED) is 0.838. The smallest absolute Gasteiger partial charge is 0.339 e. The van der Waals surface area contributed by atoms with Crippen LogP contribution in [0.3, 0.4) is 0 Å². The van der Waals surface area contributed by atoms with Crippen molar-refractivity contribution in [3.8, 4) is 0 Å². The molecular formula is C14H12Cl2N2O2. The Kier molecular flexibility index (Phi) is 4.47. The molecule has 104 valence electrons. The SMILES string of the molecule is Cc1cc(NCc2ccc(Cl)cc2)nc(Cl)c1C(=O)O. The topological polar surface area (TPSA) is 62.2 Å². The maximum atomic E-state index is 11.0. The van der Waals surface area contributed by atoms with Crippen LogP contribution in [0.1, 0.15) is 21.5 Å². The number of carboxylic acid groups (broad SMARTS) is 1. The Balaban J connectivity index is 2.14. The minimum absolute atomic E-state index is 0.0175. The molecule has 0 bridgehead atoms. The third-order valence-electron chi connectivity index (χ3n) is 2.77. The molecule has 1 aromatic carbocycles. The first-order valence-corrected chi connectivity index (χ1v) is 6.61. The number of aryl methyl sites for hydroxylation is 1. The summed E-state index contributed by atoms with van der Waals surface area (Å²) in [5.74, 6) is -0.545. The van der Waals surface area contributed by atoms with Gasteiger partial charge in [-0.15, -0.1) is 0 Å². The maximum absolute atomic E-state index is 11.0. The van der Waals surface area contributed by atoms with Gasteiger partial charge in [0.05, 0.1) is 5.56 Å². The zero-order chi connectivity index (χ0) is 14.7. The summed E-state index contributed by atoms with van der Waals surface area (Å²) in [7, 11) is 0. The lowest BCUT2D eigenvalue weighted by atomic mass is 10.1. The predicted molar refractivity (Wildman–Crippen MR) is 79.7 cm³/mol. The Labute approximate surface area is 126 Å². The molecule has 0 fully saturated rings. The fourth-order valence-corrected chi connectivity index (χ4v) is 2.22. The molecule has 0 amide bonds. The summed E-state index contributed by atoms with van der Waals surface area (Å²) in [6.07, 6.45) is 0. The van der Waals surface area contributed by atoms with Crippen molar-refractivity contribution in [2.75, 3.05) is 5.32 Å². The van der Waals surface area contributed by atoms with Gasteiger partial charge in [0, 0.05) is 11.6 Å². The molecule has 0 unspecified atom stereocenters. The average molecular weight is 311 g/mol. The maximum Gasteiger partial charge on any atom is 0.339 e. The molecule has 0 spiro atoms. The number of anilines is 1. The van der Waals surface area contributed by atoms with Crippen LogP contribution in [-0.2, 0) is 6.54 Å². The van der Waals surface area contributed by atoms with Crippen molar-refractivity contribution in [3.05, 3.63) is 57.2 Å². The summed E-state index contributed by atoms with van der Waals surface area (Å²) in [5, 5.41) is 12.8. The van der Waals surface area contributed by atoms with Gasteiger partial charge in [0.25, 0.3) is 0 Å². The summed E-state index contributed by atoms with van der Waals surface area (Å²) in [5.41, 5.74) is 1.63. The Hall–Kier alpha value is -1.78. The van der Waals surface area contributed by atoms with Crippen molar-refractivity contribution in [3.63, 3.8) is 0 Å². The molecule has 0 atom stereocenters. The Bertz CT molecular complexity index is 619. The second-order valence-electron chi connectivity index (χ2n) is 4.28. The molecule has 20 heavy (non-hydrogen) atoms. The average Bonchev–Trinajstić information content (AvgIpc) is 2.37. The normalized spacial score (nSPS) is 10.3. The van der Waals surface area contributed by atoms with Crippen LogP contribution in [0.4, 0.5) is 5.82 Å². The van der Waals surface area contributed by atoms with E-state index in [1.807, 2.05) is 12.1 Å². The van der Waals surface area contributed by atoms with Crippen molar-refractivity contribution < 1.29 is 9.90 Å². The fourth-order valence-electron chi connectivity index (χ4n) is 1.78. The molecular weight excluding hydrogens is 299 g/mol. The molecule has 0 aliphatic heterocycles. The van der Waals surface area contributed by atoms with E-state index < -0.39 is 5.97 Å². The van der Waals surface area contributed by atoms with Crippen molar-refractivity contribution in [1.82, 2.24) is 4.98 Å². The number of nitrogens with one attached hydrogen (secondary N) is 1. The predicted octanol–water partition coefficient (Wildman–Crippen LogP) is 4.01. The number of carbonyl (C=O) groups is 1. The fraction of sp³-hybridized carbons (Fsp3) is 0.143. The lowest BCUT2D eigenvalue weighted by Crippen LogP contribution is -2.07. The van der Waals surface area contributed by atoms with Crippen LogP contribution in [-0.4, -0.2) is 16.1 Å². The van der Waals surface area contributed by atoms with Gasteiger partial charge >= 0.3 is 5.97 Å². The van der Waals surface area contributed by atoms with Crippen LogP contribution in [0, 0.1) is 6.92 Å². The number of rotatable bonds is 4. The van der Waals surface area contributed by atoms with Crippen LogP contribution in [0.5, 0.6) is 0 Å². The highest BCUT2D eigenvalue weighted by Gasteiger charge is 2.14. The van der Waals surface area contributed by atoms with Crippen LogP contribution in [0.25, 0.3) is 0 Å². The molecule has 4 nitrogen and oxygen atoms in total. The summed E-state index contributed by atoms with van der Waals surface area (Å²) in [6, 6.07) is 9.06. The molecule has 6 heteroatoms. The van der Waals surface area contributed by atoms with Crippen LogP contribution in [0.2, 0.25) is 10.2 Å². The molecule has 0 saturated heterocycles. The summed E-state index contributed by atoms with van der Waals surface area (Å²) in [4.78, 5) is 15.0. The lowest BCUT2D eigenvalue weighted by Gasteiger charge is -2.09. The third-order valence-corrected chi connectivity index (χ3v) is 3.30. The largest absolute Gasteiger partial charge is 0.478 e. The van der Waals surface area contributed by atoms with Gasteiger partial charge in [-0.25, -0.2) is 9.78 Å². The number of aromatic carboxylic acids is 1. The van der Waals surface area contributed by atoms with Crippen molar-refractivity contribution >= 4 is 35.0 Å². The third kappa shape index (κ3) is 3.40. The number of nitrogens with zero attached hydrogens (tertiary/aromatic N) is 1. The Morgan fingerprint density at radius 2 is 1.95 bits per heavy atom. The van der Waals surface area contributed by atoms with Crippen LogP contribution < -0.4 is 5.32 Å². The molecule has 2 rings (SSSR count). The van der Waals surface area contributed by atoms with E-state index in [1.165, 1.54) is 0 Å². The highest BCUT2D eigenvalue weighted by molar-refractivity contribution is 6.32. The Morgan fingerprint density at radius 1 is 1.30 bits per heavy atom. The van der Waals surface area contributed by atoms with Gasteiger partial charge in [0.1, 0.15) is 11.0 Å². The van der Waals surface area contributed by atoms with Crippen LogP contribution >= 0.6 is 23.2 Å². The second kappa shape index (κ2) is 6.11. The number of hydrogen-bond donors (Lipinski definition) is 2. The van der Waals surface area contributed by atoms with E-state index in [4.69, 9.17) is 28.3 Å². The van der Waals surface area contributed by atoms with Crippen molar-refractivity contribution in [2.24, 2.45) is 0 Å². The minimum atomic E-state index is -1.08. The number of benzene rings is 1. The Morgan fingerprint density at radius 3 is 2.50 bits per heavy atom. The van der Waals surface area contributed by atoms with Gasteiger partial charge in [-0.3, -0.25) is 0 Å². The van der Waals surface area contributed by atoms with E-state index in [9.17, 15) is 4.79 Å². The van der Waals surface area contributed by atoms with Gasteiger partial charge in [-0.2, -0.15) is 0 Å². The van der Waals surface area contributed by atoms with E-state index in [-0.39, 0.29) is 10.7 Å². The van der Waals surface area contributed by atoms with Crippen LogP contribution in [0.15, 0.2) is 30.3 Å². The number of halogens is 2. The number of hydrogen-bond acceptors (Lipinski definition) is 3. The minimum Gasteiger partial charge on any atom is -0.478 e. The number of carboxylic acids is 1. The zero-order valence-corrected chi connectivity index (χ0v) is 12.2. The first-order chi connectivity index (χ1) is 9.47. The van der Waals surface area contributed by atoms with E-state index in [1.54, 1.807) is 25.1 Å². The van der Waals surface area contributed by atoms with Crippen molar-refractivity contribution in [1.29, 1.82) is 0 Å². The summed E-state index contributed by atoms with van der Waals surface area (Å²) < 4.78 is 0. The zero-order valence-electron chi connectivity index (χ0n) is 10.7. The van der Waals surface area contributed by atoms with Gasteiger partial charge in [0.15, 0.2) is 0 Å².